The molecule has 1 aromatic carbocycles. The maximum atomic E-state index is 11.2. The average Bonchev–Trinajstić information content (AvgIpc) is 3.09. The number of carboxylic acid groups (broad SMARTS) is 1. The molecule has 3 N–H and O–H groups in total. The molecule has 0 aliphatic heterocycles. The van der Waals surface area contributed by atoms with Crippen molar-refractivity contribution in [1.29, 1.82) is 0 Å². The molecule has 152 valence electrons. The van der Waals surface area contributed by atoms with Gasteiger partial charge in [0, 0.05) is 23.5 Å². The van der Waals surface area contributed by atoms with Crippen molar-refractivity contribution in [2.45, 2.75) is 38.9 Å². The van der Waals surface area contributed by atoms with E-state index in [-0.39, 0.29) is 12.1 Å². The second kappa shape index (κ2) is 9.38. The summed E-state index contributed by atoms with van der Waals surface area (Å²) in [4.78, 5) is 15.4. The van der Waals surface area contributed by atoms with Gasteiger partial charge in [-0.2, -0.15) is 0 Å². The van der Waals surface area contributed by atoms with Crippen LogP contribution in [0.5, 0.6) is 0 Å². The molecule has 2 aromatic heterocycles. The molecule has 9 heteroatoms. The number of benzene rings is 1. The van der Waals surface area contributed by atoms with Gasteiger partial charge in [0.05, 0.1) is 18.8 Å². The number of nitrogens with zero attached hydrogens (tertiary/aromatic N) is 4. The number of nitrogens with one attached hydrogen (secondary N) is 2. The highest BCUT2D eigenvalue weighted by Crippen LogP contribution is 2.28. The van der Waals surface area contributed by atoms with E-state index in [2.05, 4.69) is 25.9 Å². The number of rotatable bonds is 8. The zero-order valence-corrected chi connectivity index (χ0v) is 17.0. The Balaban J connectivity index is 1.80. The molecular formula is C20H23ClN6O2. The predicted molar refractivity (Wildman–Crippen MR) is 112 cm³/mol. The third-order valence-electron chi connectivity index (χ3n) is 4.19. The second-order valence-electron chi connectivity index (χ2n) is 7.01. The number of hydrogen-bond donors (Lipinski definition) is 3. The van der Waals surface area contributed by atoms with Gasteiger partial charge in [-0.15, -0.1) is 5.10 Å². The van der Waals surface area contributed by atoms with E-state index in [1.165, 1.54) is 0 Å². The SMILES string of the molecule is CC(C)Nc1cc(Cl)ncc1-c1cn(CC(Cc2ccccc2)NC(=O)O)nn1. The highest BCUT2D eigenvalue weighted by molar-refractivity contribution is 6.29. The molecule has 3 aromatic rings. The van der Waals surface area contributed by atoms with Crippen LogP contribution < -0.4 is 10.6 Å². The smallest absolute Gasteiger partial charge is 0.404 e. The molecule has 2 heterocycles. The minimum Gasteiger partial charge on any atom is -0.465 e. The molecule has 0 saturated carbocycles. The first-order valence-corrected chi connectivity index (χ1v) is 9.64. The van der Waals surface area contributed by atoms with Crippen molar-refractivity contribution in [2.75, 3.05) is 5.32 Å². The van der Waals surface area contributed by atoms with Crippen LogP contribution in [-0.4, -0.2) is 43.3 Å². The lowest BCUT2D eigenvalue weighted by Gasteiger charge is -2.16. The summed E-state index contributed by atoms with van der Waals surface area (Å²) in [5.41, 5.74) is 3.26. The Hall–Kier alpha value is -3.13. The molecule has 1 atom stereocenters. The minimum atomic E-state index is -1.07. The quantitative estimate of drug-likeness (QED) is 0.485. The summed E-state index contributed by atoms with van der Waals surface area (Å²) in [5, 5.41) is 23.9. The van der Waals surface area contributed by atoms with Gasteiger partial charge in [-0.1, -0.05) is 47.1 Å². The van der Waals surface area contributed by atoms with Crippen LogP contribution >= 0.6 is 11.6 Å². The van der Waals surface area contributed by atoms with Crippen molar-refractivity contribution in [2.24, 2.45) is 0 Å². The van der Waals surface area contributed by atoms with Crippen molar-refractivity contribution in [3.63, 3.8) is 0 Å². The molecule has 29 heavy (non-hydrogen) atoms. The molecule has 1 amide bonds. The van der Waals surface area contributed by atoms with Crippen molar-refractivity contribution in [1.82, 2.24) is 25.3 Å². The van der Waals surface area contributed by atoms with E-state index in [1.54, 1.807) is 23.1 Å². The van der Waals surface area contributed by atoms with Gasteiger partial charge in [0.1, 0.15) is 10.8 Å². The van der Waals surface area contributed by atoms with Crippen LogP contribution in [0, 0.1) is 0 Å². The first kappa shape index (κ1) is 20.6. The van der Waals surface area contributed by atoms with Crippen LogP contribution in [0.25, 0.3) is 11.3 Å². The Morgan fingerprint density at radius 1 is 1.28 bits per heavy atom. The first-order valence-electron chi connectivity index (χ1n) is 9.26. The highest BCUT2D eigenvalue weighted by Gasteiger charge is 2.16. The minimum absolute atomic E-state index is 0.206. The Morgan fingerprint density at radius 3 is 2.72 bits per heavy atom. The molecule has 0 radical (unpaired) electrons. The topological polar surface area (TPSA) is 105 Å². The van der Waals surface area contributed by atoms with Crippen LogP contribution in [0.3, 0.4) is 0 Å². The van der Waals surface area contributed by atoms with E-state index >= 15 is 0 Å². The fourth-order valence-corrected chi connectivity index (χ4v) is 3.19. The fraction of sp³-hybridized carbons (Fsp3) is 0.300. The van der Waals surface area contributed by atoms with Crippen LogP contribution in [0.15, 0.2) is 48.8 Å². The predicted octanol–water partition coefficient (Wildman–Crippen LogP) is 3.69. The Morgan fingerprint density at radius 2 is 2.03 bits per heavy atom. The molecule has 8 nitrogen and oxygen atoms in total. The molecule has 1 unspecified atom stereocenters. The lowest BCUT2D eigenvalue weighted by molar-refractivity contribution is 0.187. The Kier molecular flexibility index (Phi) is 6.66. The first-order chi connectivity index (χ1) is 13.9. The normalized spacial score (nSPS) is 12.0. The van der Waals surface area contributed by atoms with Gasteiger partial charge in [0.15, 0.2) is 0 Å². The van der Waals surface area contributed by atoms with Gasteiger partial charge in [-0.3, -0.25) is 0 Å². The summed E-state index contributed by atoms with van der Waals surface area (Å²) < 4.78 is 1.63. The maximum Gasteiger partial charge on any atom is 0.404 e. The number of amides is 1. The summed E-state index contributed by atoms with van der Waals surface area (Å²) in [6, 6.07) is 11.3. The van der Waals surface area contributed by atoms with E-state index in [1.807, 2.05) is 44.2 Å². The van der Waals surface area contributed by atoms with E-state index in [0.29, 0.717) is 23.8 Å². The summed E-state index contributed by atoms with van der Waals surface area (Å²) in [6.45, 7) is 4.41. The van der Waals surface area contributed by atoms with Crippen molar-refractivity contribution in [3.8, 4) is 11.3 Å². The fourth-order valence-electron chi connectivity index (χ4n) is 3.04. The van der Waals surface area contributed by atoms with Gasteiger partial charge >= 0.3 is 6.09 Å². The van der Waals surface area contributed by atoms with Gasteiger partial charge in [0.2, 0.25) is 0 Å². The second-order valence-corrected chi connectivity index (χ2v) is 7.40. The van der Waals surface area contributed by atoms with Crippen LogP contribution in [0.4, 0.5) is 10.5 Å². The molecule has 0 aliphatic rings. The molecular weight excluding hydrogens is 392 g/mol. The number of halogens is 1. The number of hydrogen-bond acceptors (Lipinski definition) is 5. The molecule has 0 fully saturated rings. The van der Waals surface area contributed by atoms with E-state index in [4.69, 9.17) is 11.6 Å². The third-order valence-corrected chi connectivity index (χ3v) is 4.40. The molecule has 0 bridgehead atoms. The summed E-state index contributed by atoms with van der Waals surface area (Å²) in [6.07, 6.45) is 2.90. The average molecular weight is 415 g/mol. The summed E-state index contributed by atoms with van der Waals surface area (Å²) in [5.74, 6) is 0. The van der Waals surface area contributed by atoms with Crippen molar-refractivity contribution >= 4 is 23.4 Å². The molecule has 0 saturated heterocycles. The van der Waals surface area contributed by atoms with Crippen molar-refractivity contribution in [3.05, 3.63) is 59.5 Å². The molecule has 0 spiro atoms. The van der Waals surface area contributed by atoms with Crippen molar-refractivity contribution < 1.29 is 9.90 Å². The number of anilines is 1. The number of carbonyl (C=O) groups is 1. The van der Waals surface area contributed by atoms with Gasteiger partial charge in [-0.25, -0.2) is 14.5 Å². The van der Waals surface area contributed by atoms with Gasteiger partial charge < -0.3 is 15.7 Å². The van der Waals surface area contributed by atoms with Gasteiger partial charge in [-0.05, 0) is 31.9 Å². The molecule has 3 rings (SSSR count). The molecule has 0 aliphatic carbocycles. The summed E-state index contributed by atoms with van der Waals surface area (Å²) in [7, 11) is 0. The standard InChI is InChI=1S/C20H23ClN6O2/c1-13(2)23-17-9-19(21)22-10-16(17)18-12-27(26-25-18)11-15(24-20(28)29)8-14-6-4-3-5-7-14/h3-7,9-10,12-13,15,24H,8,11H2,1-2H3,(H,22,23)(H,28,29). The Labute approximate surface area is 173 Å². The van der Waals surface area contributed by atoms with E-state index in [0.717, 1.165) is 16.8 Å². The number of pyridine rings is 1. The maximum absolute atomic E-state index is 11.2. The zero-order chi connectivity index (χ0) is 20.8. The lowest BCUT2D eigenvalue weighted by Crippen LogP contribution is -2.38. The largest absolute Gasteiger partial charge is 0.465 e. The number of aromatic nitrogens is 4. The monoisotopic (exact) mass is 414 g/mol. The highest BCUT2D eigenvalue weighted by atomic mass is 35.5. The van der Waals surface area contributed by atoms with Gasteiger partial charge in [0.25, 0.3) is 0 Å². The summed E-state index contributed by atoms with van der Waals surface area (Å²) >= 11 is 6.03. The van der Waals surface area contributed by atoms with Crippen LogP contribution in [0.1, 0.15) is 19.4 Å². The van der Waals surface area contributed by atoms with Crippen LogP contribution in [-0.2, 0) is 13.0 Å². The Bertz CT molecular complexity index is 961. The lowest BCUT2D eigenvalue weighted by atomic mass is 10.1. The van der Waals surface area contributed by atoms with E-state index < -0.39 is 6.09 Å². The van der Waals surface area contributed by atoms with E-state index in [9.17, 15) is 9.90 Å². The zero-order valence-electron chi connectivity index (χ0n) is 16.2. The van der Waals surface area contributed by atoms with Crippen LogP contribution in [0.2, 0.25) is 5.15 Å². The third kappa shape index (κ3) is 5.92.